The van der Waals surface area contributed by atoms with Crippen molar-refractivity contribution in [3.05, 3.63) is 89.7 Å². The number of hydrogen-bond donors (Lipinski definition) is 0. The van der Waals surface area contributed by atoms with E-state index in [9.17, 15) is 4.79 Å². The molecule has 0 aliphatic carbocycles. The largest absolute Gasteiger partial charge is 0.494 e. The number of allylic oxidation sites excluding steroid dienone is 6. The molecule has 1 aromatic heterocycles. The summed E-state index contributed by atoms with van der Waals surface area (Å²) >= 11 is 0. The molecule has 0 spiro atoms. The van der Waals surface area contributed by atoms with Gasteiger partial charge in [0.25, 0.3) is 0 Å². The molecule has 0 aliphatic heterocycles. The third-order valence-corrected chi connectivity index (χ3v) is 4.84. The lowest BCUT2D eigenvalue weighted by molar-refractivity contribution is 0.101. The number of carbonyl (C=O) groups excluding carboxylic acids is 1. The van der Waals surface area contributed by atoms with Crippen molar-refractivity contribution in [1.82, 2.24) is 4.98 Å². The highest BCUT2D eigenvalue weighted by Crippen LogP contribution is 2.37. The number of hydrogen-bond acceptors (Lipinski definition) is 3. The van der Waals surface area contributed by atoms with E-state index in [1.165, 1.54) is 6.92 Å². The van der Waals surface area contributed by atoms with Gasteiger partial charge < -0.3 is 4.74 Å². The average Bonchev–Trinajstić information content (AvgIpc) is 2.76. The average molecular weight is 400 g/mol. The molecule has 2 rings (SSSR count). The van der Waals surface area contributed by atoms with Crippen molar-refractivity contribution < 1.29 is 9.53 Å². The molecule has 0 N–H and O–H groups in total. The van der Waals surface area contributed by atoms with Crippen LogP contribution in [0.5, 0.6) is 5.75 Å². The summed E-state index contributed by atoms with van der Waals surface area (Å²) in [6.07, 6.45) is 11.4. The lowest BCUT2D eigenvalue weighted by Gasteiger charge is -2.17. The number of benzene rings is 1. The lowest BCUT2D eigenvalue weighted by Crippen LogP contribution is -2.07. The summed E-state index contributed by atoms with van der Waals surface area (Å²) in [5.41, 5.74) is 6.65. The monoisotopic (exact) mass is 399 g/mol. The maximum Gasteiger partial charge on any atom is 0.164 e. The molecule has 0 bridgehead atoms. The van der Waals surface area contributed by atoms with E-state index >= 15 is 0 Å². The second kappa shape index (κ2) is 10.4. The van der Waals surface area contributed by atoms with Crippen molar-refractivity contribution in [3.63, 3.8) is 0 Å². The Morgan fingerprint density at radius 1 is 1.07 bits per heavy atom. The van der Waals surface area contributed by atoms with E-state index in [0.29, 0.717) is 28.3 Å². The van der Waals surface area contributed by atoms with Crippen molar-refractivity contribution in [2.45, 2.75) is 27.7 Å². The molecule has 0 saturated carbocycles. The van der Waals surface area contributed by atoms with Crippen molar-refractivity contribution in [3.8, 4) is 17.0 Å². The van der Waals surface area contributed by atoms with Crippen LogP contribution in [0.2, 0.25) is 0 Å². The number of nitrogens with zero attached hydrogens (tertiary/aromatic N) is 1. The Bertz CT molecular complexity index is 1050. The fourth-order valence-electron chi connectivity index (χ4n) is 3.38. The number of ether oxygens (including phenoxy) is 1. The number of Topliss-reactive ketones (excluding diaryl/α,β-unsaturated/α-hetero) is 1. The summed E-state index contributed by atoms with van der Waals surface area (Å²) in [4.78, 5) is 17.3. The van der Waals surface area contributed by atoms with E-state index in [1.54, 1.807) is 13.2 Å². The Balaban J connectivity index is 2.76. The van der Waals surface area contributed by atoms with Crippen LogP contribution in [-0.4, -0.2) is 17.9 Å². The second-order valence-corrected chi connectivity index (χ2v) is 6.81. The van der Waals surface area contributed by atoms with Gasteiger partial charge in [-0.2, -0.15) is 0 Å². The van der Waals surface area contributed by atoms with E-state index in [-0.39, 0.29) is 5.78 Å². The first kappa shape index (κ1) is 22.8. The minimum Gasteiger partial charge on any atom is -0.494 e. The number of methoxy groups -OCH3 is 1. The van der Waals surface area contributed by atoms with Crippen molar-refractivity contribution in [1.29, 1.82) is 0 Å². The summed E-state index contributed by atoms with van der Waals surface area (Å²) < 4.78 is 5.65. The highest BCUT2D eigenvalue weighted by molar-refractivity contribution is 6.03. The maximum atomic E-state index is 12.5. The van der Waals surface area contributed by atoms with Crippen LogP contribution in [0.15, 0.2) is 67.3 Å². The van der Waals surface area contributed by atoms with Crippen molar-refractivity contribution in [2.24, 2.45) is 0 Å². The van der Waals surface area contributed by atoms with Crippen LogP contribution in [-0.2, 0) is 0 Å². The van der Waals surface area contributed by atoms with Crippen molar-refractivity contribution >= 4 is 23.5 Å². The molecule has 0 radical (unpaired) electrons. The molecule has 154 valence electrons. The van der Waals surface area contributed by atoms with Crippen LogP contribution in [0.25, 0.3) is 29.0 Å². The predicted octanol–water partition coefficient (Wildman–Crippen LogP) is 7.17. The van der Waals surface area contributed by atoms with Crippen LogP contribution in [0, 0.1) is 0 Å². The molecule has 0 atom stereocenters. The van der Waals surface area contributed by atoms with E-state index in [1.807, 2.05) is 69.3 Å². The van der Waals surface area contributed by atoms with Gasteiger partial charge in [0.2, 0.25) is 0 Å². The smallest absolute Gasteiger partial charge is 0.164 e. The molecular weight excluding hydrogens is 370 g/mol. The minimum atomic E-state index is -0.0901. The lowest BCUT2D eigenvalue weighted by atomic mass is 9.95. The first-order chi connectivity index (χ1) is 14.4. The summed E-state index contributed by atoms with van der Waals surface area (Å²) in [5.74, 6) is 0.373. The molecule has 0 unspecified atom stereocenters. The Labute approximate surface area is 179 Å². The van der Waals surface area contributed by atoms with Gasteiger partial charge in [0.05, 0.1) is 18.4 Å². The number of rotatable bonds is 8. The number of pyridine rings is 1. The van der Waals surface area contributed by atoms with Gasteiger partial charge in [-0.05, 0) is 50.5 Å². The first-order valence-electron chi connectivity index (χ1n) is 9.88. The molecule has 0 saturated heterocycles. The van der Waals surface area contributed by atoms with Gasteiger partial charge in [0.15, 0.2) is 11.5 Å². The van der Waals surface area contributed by atoms with E-state index in [4.69, 9.17) is 9.72 Å². The Morgan fingerprint density at radius 2 is 1.73 bits per heavy atom. The topological polar surface area (TPSA) is 39.2 Å². The van der Waals surface area contributed by atoms with E-state index in [2.05, 4.69) is 19.2 Å². The maximum absolute atomic E-state index is 12.5. The molecule has 2 aromatic rings. The van der Waals surface area contributed by atoms with Gasteiger partial charge in [0, 0.05) is 11.1 Å². The van der Waals surface area contributed by atoms with Crippen LogP contribution in [0.3, 0.4) is 0 Å². The minimum absolute atomic E-state index is 0.0901. The highest BCUT2D eigenvalue weighted by atomic mass is 16.5. The normalized spacial score (nSPS) is 12.2. The molecule has 30 heavy (non-hydrogen) atoms. The van der Waals surface area contributed by atoms with Gasteiger partial charge in [-0.15, -0.1) is 0 Å². The standard InChI is InChI=1S/C27H29NO2/c1-8-12-23(18(5)10-3)20-14-16-21(17-15-20)26-27(30-7)25(19(6)29)22(11-4)24(28-26)13-9-2/h8-17H,3-4H2,1-2,5-7H3/b12-8-,13-9-,23-18+. The van der Waals surface area contributed by atoms with Crippen LogP contribution in [0.4, 0.5) is 0 Å². The molecule has 1 heterocycles. The van der Waals surface area contributed by atoms with Crippen molar-refractivity contribution in [2.75, 3.05) is 7.11 Å². The predicted molar refractivity (Wildman–Crippen MR) is 129 cm³/mol. The van der Waals surface area contributed by atoms with Gasteiger partial charge in [-0.25, -0.2) is 4.98 Å². The molecule has 3 nitrogen and oxygen atoms in total. The summed E-state index contributed by atoms with van der Waals surface area (Å²) in [6, 6.07) is 8.08. The van der Waals surface area contributed by atoms with Crippen LogP contribution < -0.4 is 4.74 Å². The van der Waals surface area contributed by atoms with Crippen LogP contribution in [0.1, 0.15) is 54.9 Å². The fourth-order valence-corrected chi connectivity index (χ4v) is 3.38. The second-order valence-electron chi connectivity index (χ2n) is 6.81. The molecule has 1 aromatic carbocycles. The summed E-state index contributed by atoms with van der Waals surface area (Å²) in [5, 5.41) is 0. The Kier molecular flexibility index (Phi) is 7.88. The van der Waals surface area contributed by atoms with Gasteiger partial charge in [0.1, 0.15) is 5.69 Å². The molecule has 0 aliphatic rings. The number of aromatic nitrogens is 1. The SMILES string of the molecule is C=C/C(C)=C(\C=C/C)c1ccc(-c2nc(/C=C\C)c(C=C)c(C(C)=O)c2OC)cc1. The highest BCUT2D eigenvalue weighted by Gasteiger charge is 2.22. The third kappa shape index (κ3) is 4.57. The molecule has 0 amide bonds. The Morgan fingerprint density at radius 3 is 2.20 bits per heavy atom. The third-order valence-electron chi connectivity index (χ3n) is 4.84. The first-order valence-corrected chi connectivity index (χ1v) is 9.88. The zero-order valence-electron chi connectivity index (χ0n) is 18.5. The molecule has 3 heteroatoms. The molecule has 0 fully saturated rings. The quantitative estimate of drug-likeness (QED) is 0.349. The summed E-state index contributed by atoms with van der Waals surface area (Å²) in [7, 11) is 1.56. The number of carbonyl (C=O) groups is 1. The van der Waals surface area contributed by atoms with Gasteiger partial charge in [-0.3, -0.25) is 4.79 Å². The molecular formula is C27H29NO2. The van der Waals surface area contributed by atoms with Gasteiger partial charge in [-0.1, -0.05) is 67.8 Å². The number of ketones is 1. The Hall–Kier alpha value is -3.46. The van der Waals surface area contributed by atoms with E-state index < -0.39 is 0 Å². The zero-order chi connectivity index (χ0) is 22.3. The van der Waals surface area contributed by atoms with E-state index in [0.717, 1.165) is 22.3 Å². The zero-order valence-corrected chi connectivity index (χ0v) is 18.5. The fraction of sp³-hybridized carbons (Fsp3) is 0.185. The summed E-state index contributed by atoms with van der Waals surface area (Å²) in [6.45, 7) is 15.2. The van der Waals surface area contributed by atoms with Gasteiger partial charge >= 0.3 is 0 Å². The van der Waals surface area contributed by atoms with Crippen LogP contribution >= 0.6 is 0 Å².